The van der Waals surface area contributed by atoms with Gasteiger partial charge in [-0.05, 0) is 113 Å². The van der Waals surface area contributed by atoms with E-state index >= 15 is 0 Å². The summed E-state index contributed by atoms with van der Waals surface area (Å²) >= 11 is 3.07. The van der Waals surface area contributed by atoms with E-state index in [1.165, 1.54) is 21.9 Å². The summed E-state index contributed by atoms with van der Waals surface area (Å²) in [6.45, 7) is 8.12. The van der Waals surface area contributed by atoms with Gasteiger partial charge in [0.15, 0.2) is 11.6 Å². The number of aryl methyl sites for hydroxylation is 4. The minimum Gasteiger partial charge on any atom is -0.423 e. The zero-order chi connectivity index (χ0) is 45.8. The number of nitrogens with zero attached hydrogens (tertiary/aromatic N) is 8. The van der Waals surface area contributed by atoms with Crippen LogP contribution in [0.15, 0.2) is 151 Å². The molecule has 2 amide bonds. The maximum absolute atomic E-state index is 12.1. The van der Waals surface area contributed by atoms with Crippen LogP contribution in [0.25, 0.3) is 63.0 Å². The Morgan fingerprint density at radius 2 is 1.02 bits per heavy atom. The van der Waals surface area contributed by atoms with Gasteiger partial charge < -0.3 is 21.5 Å². The molecule has 0 saturated heterocycles. The summed E-state index contributed by atoms with van der Waals surface area (Å²) in [4.78, 5) is 39.8. The van der Waals surface area contributed by atoms with Crippen molar-refractivity contribution in [3.8, 4) is 45.0 Å². The third kappa shape index (κ3) is 12.7. The smallest absolute Gasteiger partial charge is 0.423 e. The molecule has 0 aliphatic heterocycles. The van der Waals surface area contributed by atoms with E-state index in [1.54, 1.807) is 49.4 Å². The monoisotopic (exact) mass is 914 g/mol. The van der Waals surface area contributed by atoms with Crippen LogP contribution in [0.3, 0.4) is 0 Å². The predicted molar refractivity (Wildman–Crippen MR) is 255 cm³/mol. The van der Waals surface area contributed by atoms with E-state index in [4.69, 9.17) is 21.5 Å². The molecular formula is C48H44BBrN10O4. The van der Waals surface area contributed by atoms with Gasteiger partial charge in [0, 0.05) is 42.1 Å². The minimum atomic E-state index is -1.41. The molecular weight excluding hydrogens is 871 g/mol. The Morgan fingerprint density at radius 1 is 0.578 bits per heavy atom. The number of benzene rings is 4. The van der Waals surface area contributed by atoms with Crippen LogP contribution in [0.4, 0.5) is 0 Å². The Bertz CT molecular complexity index is 2880. The Balaban J connectivity index is 0.000000172. The van der Waals surface area contributed by atoms with Gasteiger partial charge in [-0.15, -0.1) is 10.2 Å². The molecule has 0 atom stereocenters. The summed E-state index contributed by atoms with van der Waals surface area (Å²) in [6.07, 6.45) is 13.2. The highest BCUT2D eigenvalue weighted by atomic mass is 79.9. The van der Waals surface area contributed by atoms with Crippen LogP contribution in [-0.4, -0.2) is 68.5 Å². The Hall–Kier alpha value is -7.66. The molecule has 14 nitrogen and oxygen atoms in total. The van der Waals surface area contributed by atoms with Gasteiger partial charge in [0.05, 0.1) is 11.8 Å². The first-order valence-electron chi connectivity index (χ1n) is 19.8. The number of nitrogens with two attached hydrogens (primary N) is 2. The van der Waals surface area contributed by atoms with Gasteiger partial charge >= 0.3 is 7.12 Å². The third-order valence-electron chi connectivity index (χ3n) is 9.38. The molecule has 0 spiro atoms. The fourth-order valence-electron chi connectivity index (χ4n) is 6.50. The molecule has 0 unspecified atom stereocenters. The fourth-order valence-corrected chi connectivity index (χ4v) is 6.71. The van der Waals surface area contributed by atoms with Crippen molar-refractivity contribution in [3.63, 3.8) is 0 Å². The largest absolute Gasteiger partial charge is 0.488 e. The number of hydrogen-bond donors (Lipinski definition) is 4. The van der Waals surface area contributed by atoms with E-state index < -0.39 is 18.9 Å². The lowest BCUT2D eigenvalue weighted by atomic mass is 9.80. The van der Waals surface area contributed by atoms with Gasteiger partial charge in [-0.25, -0.2) is 19.3 Å². The van der Waals surface area contributed by atoms with Gasteiger partial charge in [0.1, 0.15) is 17.1 Å². The first-order valence-corrected chi connectivity index (χ1v) is 20.6. The number of hydrogen-bond acceptors (Lipinski definition) is 10. The van der Waals surface area contributed by atoms with E-state index in [-0.39, 0.29) is 4.48 Å². The highest BCUT2D eigenvalue weighted by molar-refractivity contribution is 9.12. The summed E-state index contributed by atoms with van der Waals surface area (Å²) in [6, 6.07) is 34.6. The van der Waals surface area contributed by atoms with Crippen molar-refractivity contribution < 1.29 is 19.6 Å². The summed E-state index contributed by atoms with van der Waals surface area (Å²) in [7, 11) is -1.41. The number of primary amides is 2. The number of pyridine rings is 2. The molecule has 320 valence electrons. The van der Waals surface area contributed by atoms with Crippen molar-refractivity contribution in [1.29, 1.82) is 0 Å². The highest BCUT2D eigenvalue weighted by Gasteiger charge is 2.13. The molecule has 0 aliphatic carbocycles. The Kier molecular flexibility index (Phi) is 15.4. The van der Waals surface area contributed by atoms with Crippen molar-refractivity contribution in [2.75, 3.05) is 0 Å². The number of rotatable bonds is 10. The third-order valence-corrected chi connectivity index (χ3v) is 9.97. The average Bonchev–Trinajstić information content (AvgIpc) is 3.96. The van der Waals surface area contributed by atoms with Crippen LogP contribution in [-0.2, 0) is 9.59 Å². The topological polar surface area (TPSA) is 214 Å². The molecule has 4 heterocycles. The molecule has 0 saturated carbocycles. The first kappa shape index (κ1) is 45.9. The van der Waals surface area contributed by atoms with Crippen LogP contribution in [0.1, 0.15) is 27.8 Å². The lowest BCUT2D eigenvalue weighted by Crippen LogP contribution is -2.29. The van der Waals surface area contributed by atoms with E-state index in [1.807, 2.05) is 113 Å². The maximum atomic E-state index is 12.1. The standard InChI is InChI=1S/C24H21N5O.C13H13BrN4O.C11H10BNO2/c1-16-10-17(2)12-21(11-16)24-27-15-29(28-24)14-22(23(25)30)19-7-5-18(6-8-19)20-4-3-9-26-13-20;1-8-3-9(2)5-10(4-8)13-16-7-18(17-13)6-11(14)12(15)19;14-12(15)11-5-3-9(4-6-11)10-2-1-7-13-8-10/h3-15H,1-2H3,(H2,25,30);3-7H,1-2H3,(H2,15,19);1-8,14-15H/b22-14+;11-6-;. The molecule has 0 aliphatic rings. The van der Waals surface area contributed by atoms with Crippen LogP contribution in [0.2, 0.25) is 0 Å². The van der Waals surface area contributed by atoms with Crippen LogP contribution < -0.4 is 16.9 Å². The highest BCUT2D eigenvalue weighted by Crippen LogP contribution is 2.24. The normalized spacial score (nSPS) is 11.2. The summed E-state index contributed by atoms with van der Waals surface area (Å²) in [5.41, 5.74) is 22.8. The van der Waals surface area contributed by atoms with Crippen molar-refractivity contribution in [1.82, 2.24) is 39.5 Å². The number of carbonyl (C=O) groups excluding carboxylic acids is 2. The number of aromatic nitrogens is 8. The molecule has 0 radical (unpaired) electrons. The average molecular weight is 916 g/mol. The molecule has 64 heavy (non-hydrogen) atoms. The Morgan fingerprint density at radius 3 is 1.41 bits per heavy atom. The molecule has 4 aromatic carbocycles. The van der Waals surface area contributed by atoms with Crippen LogP contribution in [0, 0.1) is 27.7 Å². The summed E-state index contributed by atoms with van der Waals surface area (Å²) in [5, 5.41) is 26.6. The Labute approximate surface area is 379 Å². The van der Waals surface area contributed by atoms with Crippen molar-refractivity contribution in [2.24, 2.45) is 11.5 Å². The molecule has 8 aromatic rings. The van der Waals surface area contributed by atoms with Crippen molar-refractivity contribution >= 4 is 58.3 Å². The van der Waals surface area contributed by atoms with Gasteiger partial charge in [0.2, 0.25) is 0 Å². The fraction of sp³-hybridized carbons (Fsp3) is 0.0833. The number of amides is 2. The van der Waals surface area contributed by atoms with Gasteiger partial charge in [-0.1, -0.05) is 95.1 Å². The quantitative estimate of drug-likeness (QED) is 0.0834. The number of carbonyl (C=O) groups is 2. The second-order valence-corrected chi connectivity index (χ2v) is 15.5. The summed E-state index contributed by atoms with van der Waals surface area (Å²) < 4.78 is 3.20. The van der Waals surface area contributed by atoms with Crippen LogP contribution >= 0.6 is 15.9 Å². The van der Waals surface area contributed by atoms with E-state index in [2.05, 4.69) is 58.2 Å². The zero-order valence-corrected chi connectivity index (χ0v) is 37.0. The molecule has 0 bridgehead atoms. The second kappa shape index (κ2) is 21.4. The predicted octanol–water partition coefficient (Wildman–Crippen LogP) is 6.78. The maximum Gasteiger partial charge on any atom is 0.488 e. The zero-order valence-electron chi connectivity index (χ0n) is 35.4. The van der Waals surface area contributed by atoms with E-state index in [9.17, 15) is 9.59 Å². The first-order chi connectivity index (χ1) is 30.7. The minimum absolute atomic E-state index is 0.240. The van der Waals surface area contributed by atoms with Crippen molar-refractivity contribution in [3.05, 3.63) is 179 Å². The molecule has 0 fully saturated rings. The number of halogens is 1. The molecule has 8 rings (SSSR count). The van der Waals surface area contributed by atoms with E-state index in [0.29, 0.717) is 28.2 Å². The lowest BCUT2D eigenvalue weighted by Gasteiger charge is -2.06. The SMILES string of the molecule is Cc1cc(C)cc(-c2ncn(/C=C(/C(N)=O)c3ccc(-c4cccnc4)cc3)n2)c1.Cc1cc(C)cc(-c2ncn(/C=C(\Br)C(N)=O)n2)c1.OB(O)c1ccc(-c2cccnc2)cc1. The molecule has 6 N–H and O–H groups in total. The van der Waals surface area contributed by atoms with Gasteiger partial charge in [-0.2, -0.15) is 0 Å². The molecule has 16 heteroatoms. The van der Waals surface area contributed by atoms with Crippen molar-refractivity contribution in [2.45, 2.75) is 27.7 Å². The second-order valence-electron chi connectivity index (χ2n) is 14.7. The summed E-state index contributed by atoms with van der Waals surface area (Å²) in [5.74, 6) is 0.109. The lowest BCUT2D eigenvalue weighted by molar-refractivity contribution is -0.114. The van der Waals surface area contributed by atoms with Crippen LogP contribution in [0.5, 0.6) is 0 Å². The van der Waals surface area contributed by atoms with Gasteiger partial charge in [-0.3, -0.25) is 19.6 Å². The van der Waals surface area contributed by atoms with E-state index in [0.717, 1.165) is 55.6 Å². The molecule has 4 aromatic heterocycles. The van der Waals surface area contributed by atoms with Gasteiger partial charge in [0.25, 0.3) is 11.8 Å².